The number of para-hydroxylation sites is 2. The second-order valence-corrected chi connectivity index (χ2v) is 7.61. The number of carbonyl (C=O) groups is 1. The summed E-state index contributed by atoms with van der Waals surface area (Å²) >= 11 is 0. The van der Waals surface area contributed by atoms with Gasteiger partial charge < -0.3 is 9.64 Å². The quantitative estimate of drug-likeness (QED) is 0.603. The standard InChI is InChI=1S/C23H26N4O2/c1-17-11-19(13-20(12-17)29-10-9-28)16-26-7-8-27(15-18(26)2)23-14-24-21-5-3-4-6-22(21)25-23/h3-6,9,11-14,18H,7-8,10,15-16H2,1-2H3/t18-/m1/s1. The molecule has 6 heteroatoms. The minimum Gasteiger partial charge on any atom is -0.486 e. The lowest BCUT2D eigenvalue weighted by Crippen LogP contribution is -2.51. The Hall–Kier alpha value is -2.99. The van der Waals surface area contributed by atoms with Crippen molar-refractivity contribution in [3.63, 3.8) is 0 Å². The third-order valence-electron chi connectivity index (χ3n) is 5.34. The van der Waals surface area contributed by atoms with Crippen LogP contribution < -0.4 is 9.64 Å². The number of piperazine rings is 1. The second-order valence-electron chi connectivity index (χ2n) is 7.61. The number of benzene rings is 2. The second kappa shape index (κ2) is 8.57. The summed E-state index contributed by atoms with van der Waals surface area (Å²) in [6.45, 7) is 8.03. The summed E-state index contributed by atoms with van der Waals surface area (Å²) in [6, 6.07) is 14.5. The lowest BCUT2D eigenvalue weighted by molar-refractivity contribution is -0.109. The van der Waals surface area contributed by atoms with Gasteiger partial charge in [-0.25, -0.2) is 4.98 Å². The van der Waals surface area contributed by atoms with E-state index in [4.69, 9.17) is 9.72 Å². The lowest BCUT2D eigenvalue weighted by Gasteiger charge is -2.40. The van der Waals surface area contributed by atoms with Crippen LogP contribution in [0.25, 0.3) is 11.0 Å². The van der Waals surface area contributed by atoms with Crippen LogP contribution in [0.3, 0.4) is 0 Å². The molecule has 0 N–H and O–H groups in total. The summed E-state index contributed by atoms with van der Waals surface area (Å²) in [5.74, 6) is 1.69. The predicted molar refractivity (Wildman–Crippen MR) is 114 cm³/mol. The maximum atomic E-state index is 10.6. The molecule has 0 amide bonds. The number of hydrogen-bond acceptors (Lipinski definition) is 6. The number of ether oxygens (including phenoxy) is 1. The highest BCUT2D eigenvalue weighted by molar-refractivity contribution is 5.75. The molecule has 0 bridgehead atoms. The third-order valence-corrected chi connectivity index (χ3v) is 5.34. The topological polar surface area (TPSA) is 58.6 Å². The number of aromatic nitrogens is 2. The van der Waals surface area contributed by atoms with Gasteiger partial charge in [-0.15, -0.1) is 0 Å². The average Bonchev–Trinajstić information content (AvgIpc) is 2.73. The van der Waals surface area contributed by atoms with Gasteiger partial charge in [0.2, 0.25) is 0 Å². The van der Waals surface area contributed by atoms with Crippen LogP contribution in [0.15, 0.2) is 48.7 Å². The molecular weight excluding hydrogens is 364 g/mol. The highest BCUT2D eigenvalue weighted by atomic mass is 16.5. The molecule has 1 atom stereocenters. The van der Waals surface area contributed by atoms with E-state index in [0.29, 0.717) is 6.04 Å². The normalized spacial score (nSPS) is 17.4. The summed E-state index contributed by atoms with van der Waals surface area (Å²) in [5.41, 5.74) is 4.20. The fourth-order valence-corrected chi connectivity index (χ4v) is 3.90. The molecular formula is C23H26N4O2. The van der Waals surface area contributed by atoms with Gasteiger partial charge in [-0.1, -0.05) is 18.2 Å². The van der Waals surface area contributed by atoms with Crippen molar-refractivity contribution in [2.75, 3.05) is 31.1 Å². The lowest BCUT2D eigenvalue weighted by atomic mass is 10.1. The van der Waals surface area contributed by atoms with Crippen LogP contribution in [-0.2, 0) is 11.3 Å². The van der Waals surface area contributed by atoms with Gasteiger partial charge in [0.15, 0.2) is 6.29 Å². The number of hydrogen-bond donors (Lipinski definition) is 0. The van der Waals surface area contributed by atoms with E-state index >= 15 is 0 Å². The van der Waals surface area contributed by atoms with Crippen LogP contribution in [-0.4, -0.2) is 53.4 Å². The van der Waals surface area contributed by atoms with Crippen molar-refractivity contribution in [3.05, 3.63) is 59.8 Å². The first-order valence-electron chi connectivity index (χ1n) is 10.00. The van der Waals surface area contributed by atoms with Crippen LogP contribution in [0.4, 0.5) is 5.82 Å². The maximum Gasteiger partial charge on any atom is 0.157 e. The van der Waals surface area contributed by atoms with Crippen LogP contribution in [0.5, 0.6) is 5.75 Å². The van der Waals surface area contributed by atoms with E-state index in [1.165, 1.54) is 5.56 Å². The van der Waals surface area contributed by atoms with Gasteiger partial charge in [0, 0.05) is 32.2 Å². The van der Waals surface area contributed by atoms with Crippen molar-refractivity contribution < 1.29 is 9.53 Å². The number of aryl methyl sites for hydroxylation is 1. The van der Waals surface area contributed by atoms with E-state index in [1.807, 2.05) is 42.6 Å². The fraction of sp³-hybridized carbons (Fsp3) is 0.348. The van der Waals surface area contributed by atoms with Crippen LogP contribution in [0, 0.1) is 6.92 Å². The van der Waals surface area contributed by atoms with Crippen molar-refractivity contribution in [3.8, 4) is 5.75 Å². The zero-order chi connectivity index (χ0) is 20.2. The molecule has 2 heterocycles. The molecule has 1 aromatic heterocycles. The highest BCUT2D eigenvalue weighted by Crippen LogP contribution is 2.23. The molecule has 0 aliphatic carbocycles. The predicted octanol–water partition coefficient (Wildman–Crippen LogP) is 3.23. The van der Waals surface area contributed by atoms with Crippen molar-refractivity contribution in [1.82, 2.24) is 14.9 Å². The minimum atomic E-state index is 0.0881. The first kappa shape index (κ1) is 19.3. The molecule has 0 radical (unpaired) electrons. The Bertz CT molecular complexity index is 1010. The Morgan fingerprint density at radius 3 is 2.79 bits per heavy atom. The largest absolute Gasteiger partial charge is 0.486 e. The minimum absolute atomic E-state index is 0.0881. The molecule has 1 aliphatic rings. The molecule has 3 aromatic rings. The van der Waals surface area contributed by atoms with E-state index < -0.39 is 0 Å². The highest BCUT2D eigenvalue weighted by Gasteiger charge is 2.25. The smallest absolute Gasteiger partial charge is 0.157 e. The van der Waals surface area contributed by atoms with E-state index in [9.17, 15) is 4.79 Å². The molecule has 1 aliphatic heterocycles. The molecule has 0 spiro atoms. The maximum absolute atomic E-state index is 10.6. The van der Waals surface area contributed by atoms with Gasteiger partial charge in [-0.2, -0.15) is 0 Å². The van der Waals surface area contributed by atoms with E-state index in [0.717, 1.165) is 60.6 Å². The Kier molecular flexibility index (Phi) is 5.71. The zero-order valence-electron chi connectivity index (χ0n) is 16.9. The van der Waals surface area contributed by atoms with Crippen molar-refractivity contribution in [2.45, 2.75) is 26.4 Å². The molecule has 150 valence electrons. The number of anilines is 1. The van der Waals surface area contributed by atoms with E-state index in [2.05, 4.69) is 34.7 Å². The zero-order valence-corrected chi connectivity index (χ0v) is 16.9. The van der Waals surface area contributed by atoms with Gasteiger partial charge in [-0.3, -0.25) is 14.7 Å². The van der Waals surface area contributed by atoms with Crippen molar-refractivity contribution in [2.24, 2.45) is 0 Å². The number of rotatable bonds is 6. The Morgan fingerprint density at radius 1 is 1.17 bits per heavy atom. The van der Waals surface area contributed by atoms with Gasteiger partial charge in [0.25, 0.3) is 0 Å². The van der Waals surface area contributed by atoms with E-state index in [-0.39, 0.29) is 6.61 Å². The summed E-state index contributed by atoms with van der Waals surface area (Å²) in [6.07, 6.45) is 2.65. The summed E-state index contributed by atoms with van der Waals surface area (Å²) < 4.78 is 5.49. The fourth-order valence-electron chi connectivity index (χ4n) is 3.90. The Balaban J connectivity index is 1.43. The average molecular weight is 390 g/mol. The first-order chi connectivity index (χ1) is 14.1. The van der Waals surface area contributed by atoms with E-state index in [1.54, 1.807) is 0 Å². The molecule has 29 heavy (non-hydrogen) atoms. The summed E-state index contributed by atoms with van der Waals surface area (Å²) in [7, 11) is 0. The SMILES string of the molecule is Cc1cc(CN2CCN(c3cnc4ccccc4n3)C[C@H]2C)cc(OCC=O)c1. The summed E-state index contributed by atoms with van der Waals surface area (Å²) in [5, 5.41) is 0. The number of aldehydes is 1. The van der Waals surface area contributed by atoms with Crippen molar-refractivity contribution in [1.29, 1.82) is 0 Å². The van der Waals surface area contributed by atoms with Gasteiger partial charge in [0.1, 0.15) is 18.2 Å². The number of fused-ring (bicyclic) bond motifs is 1. The van der Waals surface area contributed by atoms with Gasteiger partial charge in [-0.05, 0) is 49.2 Å². The molecule has 0 saturated carbocycles. The molecule has 2 aromatic carbocycles. The van der Waals surface area contributed by atoms with Crippen LogP contribution in [0.1, 0.15) is 18.1 Å². The Labute approximate surface area is 171 Å². The first-order valence-corrected chi connectivity index (χ1v) is 10.00. The van der Waals surface area contributed by atoms with Crippen molar-refractivity contribution >= 4 is 23.1 Å². The monoisotopic (exact) mass is 390 g/mol. The van der Waals surface area contributed by atoms with Crippen LogP contribution >= 0.6 is 0 Å². The van der Waals surface area contributed by atoms with Crippen LogP contribution in [0.2, 0.25) is 0 Å². The Morgan fingerprint density at radius 2 is 2.00 bits per heavy atom. The molecule has 1 saturated heterocycles. The molecule has 0 unspecified atom stereocenters. The third kappa shape index (κ3) is 4.54. The molecule has 6 nitrogen and oxygen atoms in total. The number of nitrogens with zero attached hydrogens (tertiary/aromatic N) is 4. The number of carbonyl (C=O) groups excluding carboxylic acids is 1. The molecule has 4 rings (SSSR count). The molecule has 1 fully saturated rings. The van der Waals surface area contributed by atoms with Gasteiger partial charge >= 0.3 is 0 Å². The summed E-state index contributed by atoms with van der Waals surface area (Å²) in [4.78, 5) is 24.7. The van der Waals surface area contributed by atoms with Gasteiger partial charge in [0.05, 0.1) is 17.2 Å².